The third kappa shape index (κ3) is 3.48. The molecule has 2 unspecified atom stereocenters. The van der Waals surface area contributed by atoms with Crippen LogP contribution in [0.3, 0.4) is 0 Å². The highest BCUT2D eigenvalue weighted by molar-refractivity contribution is 6.25. The van der Waals surface area contributed by atoms with Gasteiger partial charge >= 0.3 is 5.88 Å². The van der Waals surface area contributed by atoms with Crippen LogP contribution < -0.4 is 0 Å². The third-order valence-electron chi connectivity index (χ3n) is 5.45. The Bertz CT molecular complexity index is 987. The van der Waals surface area contributed by atoms with E-state index in [1.54, 1.807) is 19.2 Å². The van der Waals surface area contributed by atoms with Crippen LogP contribution in [0.5, 0.6) is 0 Å². The van der Waals surface area contributed by atoms with Crippen LogP contribution in [0.25, 0.3) is 5.57 Å². The van der Waals surface area contributed by atoms with Crippen molar-refractivity contribution in [2.45, 2.75) is 32.9 Å². The van der Waals surface area contributed by atoms with E-state index in [0.717, 1.165) is 11.1 Å². The van der Waals surface area contributed by atoms with Crippen molar-refractivity contribution in [2.75, 3.05) is 13.7 Å². The van der Waals surface area contributed by atoms with Crippen LogP contribution in [0.4, 0.5) is 0 Å². The molecule has 2 aromatic carbocycles. The first-order valence-corrected chi connectivity index (χ1v) is 9.85. The maximum atomic E-state index is 13.2. The molecule has 2 heterocycles. The van der Waals surface area contributed by atoms with E-state index in [2.05, 4.69) is 6.07 Å². The fraction of sp³-hybridized carbons (Fsp3) is 0.292. The molecule has 2 aliphatic rings. The molecule has 2 atom stereocenters. The highest BCUT2D eigenvalue weighted by Gasteiger charge is 2.61. The topological polar surface area (TPSA) is 67.2 Å². The summed E-state index contributed by atoms with van der Waals surface area (Å²) < 4.78 is 5.96. The highest BCUT2D eigenvalue weighted by atomic mass is 16.5. The molecule has 0 radical (unpaired) electrons. The van der Waals surface area contributed by atoms with Crippen molar-refractivity contribution < 1.29 is 18.8 Å². The van der Waals surface area contributed by atoms with Crippen molar-refractivity contribution in [1.82, 2.24) is 0 Å². The standard InChI is InChI=1S/C22H19N2O3.C2H6/c1-27-22-20(17-5-3-2-4-6-17)21(26)19-11-18(25)14-24(19,22)13-16-9-7-15(12-23)8-10-16;1-2/h2-10,19H,11,13-14H2,1H3;1-2H3/q+1;. The molecule has 2 aliphatic heterocycles. The number of quaternary nitrogens is 1. The molecule has 148 valence electrons. The summed E-state index contributed by atoms with van der Waals surface area (Å²) in [6, 6.07) is 18.4. The second-order valence-corrected chi connectivity index (χ2v) is 7.03. The summed E-state index contributed by atoms with van der Waals surface area (Å²) in [5, 5.41) is 9.00. The van der Waals surface area contributed by atoms with Crippen LogP contribution in [-0.4, -0.2) is 35.7 Å². The van der Waals surface area contributed by atoms with Gasteiger partial charge in [0.05, 0.1) is 25.2 Å². The Morgan fingerprint density at radius 3 is 2.31 bits per heavy atom. The van der Waals surface area contributed by atoms with Crippen molar-refractivity contribution in [3.05, 3.63) is 77.2 Å². The summed E-state index contributed by atoms with van der Waals surface area (Å²) in [7, 11) is 1.56. The molecular weight excluding hydrogens is 364 g/mol. The van der Waals surface area contributed by atoms with Gasteiger partial charge in [-0.2, -0.15) is 5.26 Å². The van der Waals surface area contributed by atoms with Crippen molar-refractivity contribution in [2.24, 2.45) is 0 Å². The van der Waals surface area contributed by atoms with Gasteiger partial charge in [-0.3, -0.25) is 9.59 Å². The predicted octanol–water partition coefficient (Wildman–Crippen LogP) is 3.84. The zero-order valence-corrected chi connectivity index (χ0v) is 17.0. The normalized spacial score (nSPS) is 22.6. The van der Waals surface area contributed by atoms with Crippen LogP contribution >= 0.6 is 0 Å². The summed E-state index contributed by atoms with van der Waals surface area (Å²) in [6.45, 7) is 4.73. The van der Waals surface area contributed by atoms with Gasteiger partial charge in [-0.25, -0.2) is 4.48 Å². The number of carbonyl (C=O) groups is 2. The van der Waals surface area contributed by atoms with E-state index in [4.69, 9.17) is 10.00 Å². The Labute approximate surface area is 171 Å². The molecule has 2 aromatic rings. The quantitative estimate of drug-likeness (QED) is 0.745. The van der Waals surface area contributed by atoms with E-state index in [1.807, 2.05) is 56.3 Å². The van der Waals surface area contributed by atoms with E-state index < -0.39 is 6.04 Å². The van der Waals surface area contributed by atoms with Crippen molar-refractivity contribution >= 4 is 17.1 Å². The van der Waals surface area contributed by atoms with Gasteiger partial charge in [0.1, 0.15) is 18.7 Å². The molecule has 5 nitrogen and oxygen atoms in total. The minimum absolute atomic E-state index is 0.0301. The van der Waals surface area contributed by atoms with Crippen molar-refractivity contribution in [3.8, 4) is 6.07 Å². The van der Waals surface area contributed by atoms with Crippen LogP contribution in [-0.2, 0) is 20.9 Å². The van der Waals surface area contributed by atoms with Crippen LogP contribution in [0.1, 0.15) is 37.0 Å². The Balaban J connectivity index is 0.00000117. The van der Waals surface area contributed by atoms with E-state index >= 15 is 0 Å². The number of hydrogen-bond donors (Lipinski definition) is 0. The lowest BCUT2D eigenvalue weighted by atomic mass is 9.99. The second-order valence-electron chi connectivity index (χ2n) is 7.03. The molecule has 0 amide bonds. The Kier molecular flexibility index (Phi) is 5.95. The SMILES string of the molecule is CC.COC1=C(c2ccccc2)C(=O)C2CC(=O)C[N+]12Cc1ccc(C#N)cc1. The predicted molar refractivity (Wildman–Crippen MR) is 110 cm³/mol. The molecule has 5 heteroatoms. The van der Waals surface area contributed by atoms with Crippen LogP contribution in [0.2, 0.25) is 0 Å². The Hall–Kier alpha value is -3.23. The van der Waals surface area contributed by atoms with E-state index in [9.17, 15) is 9.59 Å². The lowest BCUT2D eigenvalue weighted by Gasteiger charge is -2.33. The van der Waals surface area contributed by atoms with Gasteiger partial charge in [-0.15, -0.1) is 0 Å². The number of benzene rings is 2. The Morgan fingerprint density at radius 1 is 1.07 bits per heavy atom. The molecule has 0 aromatic heterocycles. The monoisotopic (exact) mass is 389 g/mol. The number of hydrogen-bond acceptors (Lipinski definition) is 4. The van der Waals surface area contributed by atoms with Crippen molar-refractivity contribution in [3.63, 3.8) is 0 Å². The number of ether oxygens (including phenoxy) is 1. The van der Waals surface area contributed by atoms with Gasteiger partial charge < -0.3 is 4.74 Å². The maximum absolute atomic E-state index is 13.2. The van der Waals surface area contributed by atoms with Gasteiger partial charge in [0, 0.05) is 5.56 Å². The average molecular weight is 389 g/mol. The minimum atomic E-state index is -0.446. The van der Waals surface area contributed by atoms with Crippen LogP contribution in [0, 0.1) is 11.3 Å². The molecule has 4 rings (SSSR count). The minimum Gasteiger partial charge on any atom is -0.455 e. The summed E-state index contributed by atoms with van der Waals surface area (Å²) in [5.41, 5.74) is 2.94. The summed E-state index contributed by atoms with van der Waals surface area (Å²) in [6.07, 6.45) is 0.234. The van der Waals surface area contributed by atoms with Gasteiger partial charge in [0.2, 0.25) is 5.78 Å². The number of fused-ring (bicyclic) bond motifs is 1. The number of carbonyl (C=O) groups excluding carboxylic acids is 2. The zero-order valence-electron chi connectivity index (χ0n) is 17.0. The third-order valence-corrected chi connectivity index (χ3v) is 5.45. The van der Waals surface area contributed by atoms with Gasteiger partial charge in [-0.1, -0.05) is 56.3 Å². The maximum Gasteiger partial charge on any atom is 0.304 e. The second kappa shape index (κ2) is 8.42. The summed E-state index contributed by atoms with van der Waals surface area (Å²) in [4.78, 5) is 25.6. The number of nitriles is 1. The van der Waals surface area contributed by atoms with Gasteiger partial charge in [0.25, 0.3) is 0 Å². The summed E-state index contributed by atoms with van der Waals surface area (Å²) >= 11 is 0. The molecular formula is C24H25N2O3+. The molecule has 0 saturated carbocycles. The first kappa shape index (κ1) is 20.5. The molecule has 0 spiro atoms. The smallest absolute Gasteiger partial charge is 0.304 e. The molecule has 0 aliphatic carbocycles. The lowest BCUT2D eigenvalue weighted by Crippen LogP contribution is -2.49. The van der Waals surface area contributed by atoms with E-state index in [1.165, 1.54) is 0 Å². The molecule has 0 bridgehead atoms. The molecule has 1 saturated heterocycles. The lowest BCUT2D eigenvalue weighted by molar-refractivity contribution is -0.914. The zero-order chi connectivity index (χ0) is 21.0. The average Bonchev–Trinajstić information content (AvgIpc) is 3.20. The van der Waals surface area contributed by atoms with Gasteiger partial charge in [-0.05, 0) is 17.7 Å². The first-order valence-electron chi connectivity index (χ1n) is 9.85. The van der Waals surface area contributed by atoms with Gasteiger partial charge in [0.15, 0.2) is 11.8 Å². The molecule has 29 heavy (non-hydrogen) atoms. The van der Waals surface area contributed by atoms with E-state index in [0.29, 0.717) is 23.6 Å². The number of ketones is 2. The number of Topliss-reactive ketones (excluding diaryl/α,β-unsaturated/α-hetero) is 2. The first-order chi connectivity index (χ1) is 14.1. The summed E-state index contributed by atoms with van der Waals surface area (Å²) in [5.74, 6) is 0.604. The number of methoxy groups -OCH3 is 1. The van der Waals surface area contributed by atoms with E-state index in [-0.39, 0.29) is 29.0 Å². The van der Waals surface area contributed by atoms with Crippen LogP contribution in [0.15, 0.2) is 60.5 Å². The fourth-order valence-electron chi connectivity index (χ4n) is 4.31. The largest absolute Gasteiger partial charge is 0.455 e. The van der Waals surface area contributed by atoms with Crippen molar-refractivity contribution in [1.29, 1.82) is 5.26 Å². The number of rotatable bonds is 4. The molecule has 0 N–H and O–H groups in total. The Morgan fingerprint density at radius 2 is 1.72 bits per heavy atom. The molecule has 1 fully saturated rings. The highest BCUT2D eigenvalue weighted by Crippen LogP contribution is 2.45. The number of nitrogens with zero attached hydrogens (tertiary/aromatic N) is 2. The fourth-order valence-corrected chi connectivity index (χ4v) is 4.31.